The highest BCUT2D eigenvalue weighted by atomic mass is 16.1. The van der Waals surface area contributed by atoms with Gasteiger partial charge >= 0.3 is 0 Å². The van der Waals surface area contributed by atoms with Gasteiger partial charge in [-0.05, 0) is 27.6 Å². The van der Waals surface area contributed by atoms with Gasteiger partial charge in [0, 0.05) is 18.6 Å². The zero-order valence-corrected chi connectivity index (χ0v) is 9.48. The first-order valence-corrected chi connectivity index (χ1v) is 4.64. The lowest BCUT2D eigenvalue weighted by Crippen LogP contribution is -2.08. The lowest BCUT2D eigenvalue weighted by atomic mass is 10.2. The molecule has 0 spiro atoms. The molecule has 78 valence electrons. The van der Waals surface area contributed by atoms with Crippen LogP contribution in [-0.2, 0) is 4.79 Å². The molecule has 13 heavy (non-hydrogen) atoms. The number of carbonyl (C=O) groups is 1. The van der Waals surface area contributed by atoms with Crippen LogP contribution in [0.1, 0.15) is 33.6 Å². The molecule has 0 heterocycles. The zero-order valence-electron chi connectivity index (χ0n) is 9.48. The molecule has 3 heteroatoms. The zero-order chi connectivity index (χ0) is 10.9. The second-order valence-electron chi connectivity index (χ2n) is 3.25. The van der Waals surface area contributed by atoms with Gasteiger partial charge in [-0.2, -0.15) is 0 Å². The summed E-state index contributed by atoms with van der Waals surface area (Å²) in [5, 5.41) is 6.91. The maximum atomic E-state index is 10.5. The summed E-state index contributed by atoms with van der Waals surface area (Å²) in [6.07, 6.45) is 0.882. The van der Waals surface area contributed by atoms with E-state index in [9.17, 15) is 4.79 Å². The van der Waals surface area contributed by atoms with Gasteiger partial charge in [-0.15, -0.1) is 0 Å². The highest BCUT2D eigenvalue weighted by Gasteiger charge is 1.96. The number of rotatable bonds is 4. The van der Waals surface area contributed by atoms with Gasteiger partial charge in [0.05, 0.1) is 0 Å². The molecule has 3 nitrogen and oxygen atoms in total. The van der Waals surface area contributed by atoms with Crippen LogP contribution in [0.2, 0.25) is 0 Å². The SMILES string of the molecule is CCC(=O)CC(C)=N.CCN(C)C. The summed E-state index contributed by atoms with van der Waals surface area (Å²) in [7, 11) is 4.11. The molecular weight excluding hydrogens is 164 g/mol. The van der Waals surface area contributed by atoms with Crippen LogP contribution >= 0.6 is 0 Å². The Balaban J connectivity index is 0. The molecule has 0 atom stereocenters. The van der Waals surface area contributed by atoms with Gasteiger partial charge in [0.2, 0.25) is 0 Å². The van der Waals surface area contributed by atoms with Crippen molar-refractivity contribution in [3.05, 3.63) is 0 Å². The van der Waals surface area contributed by atoms with Crippen LogP contribution in [-0.4, -0.2) is 37.0 Å². The highest BCUT2D eigenvalue weighted by Crippen LogP contribution is 1.88. The molecule has 0 amide bonds. The summed E-state index contributed by atoms with van der Waals surface area (Å²) in [5.41, 5.74) is 0.455. The molecule has 0 radical (unpaired) electrons. The van der Waals surface area contributed by atoms with Crippen LogP contribution < -0.4 is 0 Å². The van der Waals surface area contributed by atoms with Crippen molar-refractivity contribution < 1.29 is 4.79 Å². The minimum Gasteiger partial charge on any atom is -0.310 e. The Labute approximate surface area is 81.6 Å². The summed E-state index contributed by atoms with van der Waals surface area (Å²) in [6.45, 7) is 6.72. The number of ketones is 1. The van der Waals surface area contributed by atoms with E-state index in [2.05, 4.69) is 25.9 Å². The van der Waals surface area contributed by atoms with Crippen LogP contribution in [0, 0.1) is 5.41 Å². The van der Waals surface area contributed by atoms with E-state index in [4.69, 9.17) is 5.41 Å². The van der Waals surface area contributed by atoms with E-state index in [1.165, 1.54) is 0 Å². The number of nitrogens with zero attached hydrogens (tertiary/aromatic N) is 1. The molecule has 0 saturated carbocycles. The first kappa shape index (κ1) is 14.8. The summed E-state index contributed by atoms with van der Waals surface area (Å²) in [4.78, 5) is 12.6. The van der Waals surface area contributed by atoms with Gasteiger partial charge in [0.15, 0.2) is 0 Å². The molecule has 0 aliphatic heterocycles. The predicted octanol–water partition coefficient (Wildman–Crippen LogP) is 1.96. The van der Waals surface area contributed by atoms with Crippen LogP contribution in [0.3, 0.4) is 0 Å². The van der Waals surface area contributed by atoms with Crippen molar-refractivity contribution in [2.24, 2.45) is 0 Å². The maximum Gasteiger partial charge on any atom is 0.138 e. The molecule has 0 aliphatic rings. The molecular formula is C10H22N2O. The number of hydrogen-bond acceptors (Lipinski definition) is 3. The van der Waals surface area contributed by atoms with Gasteiger partial charge in [0.1, 0.15) is 5.78 Å². The Morgan fingerprint density at radius 3 is 1.77 bits per heavy atom. The Morgan fingerprint density at radius 1 is 1.31 bits per heavy atom. The third-order valence-corrected chi connectivity index (χ3v) is 1.49. The van der Waals surface area contributed by atoms with Crippen molar-refractivity contribution in [2.45, 2.75) is 33.6 Å². The van der Waals surface area contributed by atoms with Gasteiger partial charge in [-0.25, -0.2) is 0 Å². The van der Waals surface area contributed by atoms with Gasteiger partial charge in [0.25, 0.3) is 0 Å². The standard InChI is InChI=1S/C6H11NO.C4H11N/c1-3-6(8)4-5(2)7;1-4-5(2)3/h7H,3-4H2,1-2H3;4H2,1-3H3. The molecule has 0 aromatic rings. The summed E-state index contributed by atoms with van der Waals surface area (Å²) >= 11 is 0. The van der Waals surface area contributed by atoms with Crippen LogP contribution in [0.4, 0.5) is 0 Å². The van der Waals surface area contributed by atoms with Crippen LogP contribution in [0.25, 0.3) is 0 Å². The second-order valence-corrected chi connectivity index (χ2v) is 3.25. The van der Waals surface area contributed by atoms with Gasteiger partial charge in [-0.3, -0.25) is 4.79 Å². The van der Waals surface area contributed by atoms with Crippen molar-refractivity contribution in [3.8, 4) is 0 Å². The van der Waals surface area contributed by atoms with Gasteiger partial charge in [-0.1, -0.05) is 13.8 Å². The smallest absolute Gasteiger partial charge is 0.138 e. The number of Topliss-reactive ketones (excluding diaryl/α,β-unsaturated/α-hetero) is 1. The Kier molecular flexibility index (Phi) is 10.7. The number of carbonyl (C=O) groups excluding carboxylic acids is 1. The molecule has 0 aliphatic carbocycles. The van der Waals surface area contributed by atoms with E-state index >= 15 is 0 Å². The molecule has 0 aromatic carbocycles. The summed E-state index contributed by atoms with van der Waals surface area (Å²) in [6, 6.07) is 0. The summed E-state index contributed by atoms with van der Waals surface area (Å²) < 4.78 is 0. The predicted molar refractivity (Wildman–Crippen MR) is 57.5 cm³/mol. The highest BCUT2D eigenvalue weighted by molar-refractivity contribution is 5.99. The molecule has 0 aromatic heterocycles. The quantitative estimate of drug-likeness (QED) is 0.682. The number of hydrogen-bond donors (Lipinski definition) is 1. The second kappa shape index (κ2) is 9.39. The molecule has 0 unspecified atom stereocenters. The molecule has 0 rings (SSSR count). The molecule has 0 saturated heterocycles. The Hall–Kier alpha value is -0.700. The van der Waals surface area contributed by atoms with Crippen molar-refractivity contribution in [1.29, 1.82) is 5.41 Å². The van der Waals surface area contributed by atoms with E-state index < -0.39 is 0 Å². The monoisotopic (exact) mass is 186 g/mol. The average molecular weight is 186 g/mol. The van der Waals surface area contributed by atoms with E-state index in [1.807, 2.05) is 6.92 Å². The fourth-order valence-corrected chi connectivity index (χ4v) is 0.421. The van der Waals surface area contributed by atoms with Crippen molar-refractivity contribution in [3.63, 3.8) is 0 Å². The van der Waals surface area contributed by atoms with E-state index in [0.29, 0.717) is 18.6 Å². The molecule has 0 fully saturated rings. The minimum atomic E-state index is 0.150. The third kappa shape index (κ3) is 18.3. The Bertz CT molecular complexity index is 153. The first-order chi connectivity index (χ1) is 5.93. The minimum absolute atomic E-state index is 0.150. The lowest BCUT2D eigenvalue weighted by molar-refractivity contribution is -0.117. The molecule has 0 bridgehead atoms. The van der Waals surface area contributed by atoms with Crippen molar-refractivity contribution in [1.82, 2.24) is 4.90 Å². The number of nitrogens with one attached hydrogen (secondary N) is 1. The van der Waals surface area contributed by atoms with Gasteiger partial charge < -0.3 is 10.3 Å². The largest absolute Gasteiger partial charge is 0.310 e. The molecule has 1 N–H and O–H groups in total. The van der Waals surface area contributed by atoms with E-state index in [-0.39, 0.29) is 5.78 Å². The topological polar surface area (TPSA) is 44.2 Å². The third-order valence-electron chi connectivity index (χ3n) is 1.49. The first-order valence-electron chi connectivity index (χ1n) is 4.64. The fraction of sp³-hybridized carbons (Fsp3) is 0.800. The van der Waals surface area contributed by atoms with E-state index in [1.54, 1.807) is 6.92 Å². The Morgan fingerprint density at radius 2 is 1.69 bits per heavy atom. The summed E-state index contributed by atoms with van der Waals surface area (Å²) in [5.74, 6) is 0.150. The normalized spacial score (nSPS) is 9.08. The van der Waals surface area contributed by atoms with Crippen molar-refractivity contribution >= 4 is 11.5 Å². The maximum absolute atomic E-state index is 10.5. The van der Waals surface area contributed by atoms with Crippen LogP contribution in [0.5, 0.6) is 0 Å². The van der Waals surface area contributed by atoms with E-state index in [0.717, 1.165) is 6.54 Å². The lowest BCUT2D eigenvalue weighted by Gasteiger charge is -2.00. The average Bonchev–Trinajstić information content (AvgIpc) is 2.04. The van der Waals surface area contributed by atoms with Crippen molar-refractivity contribution in [2.75, 3.05) is 20.6 Å². The fourth-order valence-electron chi connectivity index (χ4n) is 0.421. The van der Waals surface area contributed by atoms with Crippen LogP contribution in [0.15, 0.2) is 0 Å².